The number of hydrogen-bond donors (Lipinski definition) is 0. The van der Waals surface area contributed by atoms with Gasteiger partial charge in [0.05, 0.1) is 0 Å². The Balaban J connectivity index is 2.22. The first-order valence-electron chi connectivity index (χ1n) is 8.82. The zero-order valence-electron chi connectivity index (χ0n) is 15.7. The van der Waals surface area contributed by atoms with Crippen LogP contribution in [0.25, 0.3) is 0 Å². The Bertz CT molecular complexity index is 764. The SMILES string of the molecule is CC(C)(C)Sc1ccc(B(CCC=CC(F)(F)F)c2cccc(Cl)c2)cc1. The lowest BCUT2D eigenvalue weighted by molar-refractivity contribution is -0.0800. The van der Waals surface area contributed by atoms with Gasteiger partial charge < -0.3 is 0 Å². The van der Waals surface area contributed by atoms with E-state index in [-0.39, 0.29) is 11.5 Å². The highest BCUT2D eigenvalue weighted by molar-refractivity contribution is 8.00. The first kappa shape index (κ1) is 22.0. The van der Waals surface area contributed by atoms with Crippen LogP contribution in [0.3, 0.4) is 0 Å². The normalized spacial score (nSPS) is 12.6. The summed E-state index contributed by atoms with van der Waals surface area (Å²) in [6.45, 7) is 6.48. The van der Waals surface area contributed by atoms with Gasteiger partial charge in [0.2, 0.25) is 6.71 Å². The van der Waals surface area contributed by atoms with Crippen LogP contribution < -0.4 is 10.9 Å². The number of halogens is 4. The number of alkyl halides is 3. The van der Waals surface area contributed by atoms with Crippen molar-refractivity contribution in [3.05, 3.63) is 65.7 Å². The van der Waals surface area contributed by atoms with Crippen molar-refractivity contribution in [2.45, 2.75) is 49.3 Å². The van der Waals surface area contributed by atoms with Crippen molar-refractivity contribution in [2.24, 2.45) is 0 Å². The quantitative estimate of drug-likeness (QED) is 0.304. The van der Waals surface area contributed by atoms with Crippen molar-refractivity contribution in [2.75, 3.05) is 0 Å². The van der Waals surface area contributed by atoms with Crippen molar-refractivity contribution >= 4 is 41.0 Å². The van der Waals surface area contributed by atoms with Gasteiger partial charge in [0.15, 0.2) is 0 Å². The van der Waals surface area contributed by atoms with Crippen LogP contribution in [-0.2, 0) is 0 Å². The Labute approximate surface area is 169 Å². The molecule has 27 heavy (non-hydrogen) atoms. The van der Waals surface area contributed by atoms with Crippen LogP contribution in [0.5, 0.6) is 0 Å². The predicted molar refractivity (Wildman–Crippen MR) is 113 cm³/mol. The van der Waals surface area contributed by atoms with Gasteiger partial charge in [-0.1, -0.05) is 80.0 Å². The van der Waals surface area contributed by atoms with E-state index in [9.17, 15) is 13.2 Å². The van der Waals surface area contributed by atoms with Crippen molar-refractivity contribution in [3.63, 3.8) is 0 Å². The van der Waals surface area contributed by atoms with Crippen molar-refractivity contribution in [3.8, 4) is 0 Å². The standard InChI is InChI=1S/C21H23BClF3S/c1-20(2,3)27-19-11-9-16(10-12-19)22(14-5-4-13-21(24,25)26)17-7-6-8-18(23)15-17/h4,6-13,15H,5,14H2,1-3H3. The molecule has 0 radical (unpaired) electrons. The third-order valence-corrected chi connectivity index (χ3v) is 5.24. The summed E-state index contributed by atoms with van der Waals surface area (Å²) in [5.41, 5.74) is 2.09. The molecule has 0 aliphatic carbocycles. The van der Waals surface area contributed by atoms with Crippen LogP contribution in [0.2, 0.25) is 11.3 Å². The number of thioether (sulfide) groups is 1. The lowest BCUT2D eigenvalue weighted by atomic mass is 9.38. The second-order valence-electron chi connectivity index (χ2n) is 7.41. The van der Waals surface area contributed by atoms with Crippen LogP contribution in [0.15, 0.2) is 65.6 Å². The summed E-state index contributed by atoms with van der Waals surface area (Å²) in [6.07, 6.45) is -1.84. The molecule has 0 fully saturated rings. The minimum Gasteiger partial charge on any atom is -0.167 e. The van der Waals surface area contributed by atoms with Gasteiger partial charge in [0, 0.05) is 20.7 Å². The monoisotopic (exact) mass is 410 g/mol. The molecule has 144 valence electrons. The molecule has 0 unspecified atom stereocenters. The predicted octanol–water partition coefficient (Wildman–Crippen LogP) is 6.35. The second kappa shape index (κ2) is 9.25. The summed E-state index contributed by atoms with van der Waals surface area (Å²) in [5, 5.41) is 0.628. The fourth-order valence-electron chi connectivity index (χ4n) is 2.85. The van der Waals surface area contributed by atoms with Gasteiger partial charge in [0.1, 0.15) is 0 Å². The average Bonchev–Trinajstić information content (AvgIpc) is 2.53. The summed E-state index contributed by atoms with van der Waals surface area (Å²) in [7, 11) is 0. The minimum absolute atomic E-state index is 0.00438. The average molecular weight is 411 g/mol. The summed E-state index contributed by atoms with van der Waals surface area (Å²) < 4.78 is 37.2. The van der Waals surface area contributed by atoms with E-state index in [0.29, 0.717) is 23.8 Å². The maximum atomic E-state index is 12.4. The smallest absolute Gasteiger partial charge is 0.167 e. The van der Waals surface area contributed by atoms with Crippen LogP contribution in [0.4, 0.5) is 13.2 Å². The summed E-state index contributed by atoms with van der Waals surface area (Å²) in [6, 6.07) is 15.8. The fraction of sp³-hybridized carbons (Fsp3) is 0.333. The van der Waals surface area contributed by atoms with Crippen LogP contribution in [0, 0.1) is 0 Å². The lowest BCUT2D eigenvalue weighted by Crippen LogP contribution is -2.41. The highest BCUT2D eigenvalue weighted by Gasteiger charge is 2.23. The summed E-state index contributed by atoms with van der Waals surface area (Å²) in [5.74, 6) is 0. The molecular formula is C21H23BClF3S. The van der Waals surface area contributed by atoms with Crippen LogP contribution >= 0.6 is 23.4 Å². The molecule has 0 aliphatic heterocycles. The molecule has 0 nitrogen and oxygen atoms in total. The van der Waals surface area contributed by atoms with E-state index in [0.717, 1.165) is 10.9 Å². The zero-order chi connectivity index (χ0) is 20.1. The van der Waals surface area contributed by atoms with Gasteiger partial charge in [-0.05, 0) is 30.7 Å². The first-order valence-corrected chi connectivity index (χ1v) is 10.0. The van der Waals surface area contributed by atoms with Crippen molar-refractivity contribution in [1.82, 2.24) is 0 Å². The Morgan fingerprint density at radius 3 is 2.22 bits per heavy atom. The van der Waals surface area contributed by atoms with Gasteiger partial charge in [-0.3, -0.25) is 0 Å². The number of hydrogen-bond acceptors (Lipinski definition) is 1. The highest BCUT2D eigenvalue weighted by Crippen LogP contribution is 2.31. The Kier molecular flexibility index (Phi) is 7.52. The molecule has 2 aromatic rings. The molecular weight excluding hydrogens is 388 g/mol. The molecule has 6 heteroatoms. The summed E-state index contributed by atoms with van der Waals surface area (Å²) in [4.78, 5) is 1.17. The van der Waals surface area contributed by atoms with Gasteiger partial charge in [-0.2, -0.15) is 13.2 Å². The molecule has 0 saturated carbocycles. The second-order valence-corrected chi connectivity index (χ2v) is 9.75. The minimum atomic E-state index is -4.27. The van der Waals surface area contributed by atoms with E-state index >= 15 is 0 Å². The van der Waals surface area contributed by atoms with Crippen molar-refractivity contribution in [1.29, 1.82) is 0 Å². The molecule has 0 saturated heterocycles. The lowest BCUT2D eigenvalue weighted by Gasteiger charge is -2.19. The third-order valence-electron chi connectivity index (χ3n) is 3.89. The third kappa shape index (κ3) is 8.06. The summed E-state index contributed by atoms with van der Waals surface area (Å²) >= 11 is 7.92. The van der Waals surface area contributed by atoms with E-state index in [1.54, 1.807) is 17.8 Å². The zero-order valence-corrected chi connectivity index (χ0v) is 17.3. The fourth-order valence-corrected chi connectivity index (χ4v) is 4.03. The molecule has 0 heterocycles. The highest BCUT2D eigenvalue weighted by atomic mass is 35.5. The van der Waals surface area contributed by atoms with E-state index < -0.39 is 6.18 Å². The maximum Gasteiger partial charge on any atom is 0.409 e. The molecule has 2 aromatic carbocycles. The van der Waals surface area contributed by atoms with Gasteiger partial charge >= 0.3 is 6.18 Å². The molecule has 2 rings (SSSR count). The number of benzene rings is 2. The Morgan fingerprint density at radius 1 is 1.00 bits per heavy atom. The molecule has 0 aromatic heterocycles. The van der Waals surface area contributed by atoms with Gasteiger partial charge in [0.25, 0.3) is 0 Å². The van der Waals surface area contributed by atoms with E-state index in [1.165, 1.54) is 11.0 Å². The molecule has 0 spiro atoms. The van der Waals surface area contributed by atoms with Crippen LogP contribution in [0.1, 0.15) is 27.2 Å². The van der Waals surface area contributed by atoms with E-state index in [1.807, 2.05) is 18.2 Å². The topological polar surface area (TPSA) is 0 Å². The molecule has 0 atom stereocenters. The molecule has 0 amide bonds. The molecule has 0 N–H and O–H groups in total. The maximum absolute atomic E-state index is 12.4. The van der Waals surface area contributed by atoms with Gasteiger partial charge in [-0.25, -0.2) is 0 Å². The number of allylic oxidation sites excluding steroid dienone is 2. The number of rotatable bonds is 6. The molecule has 0 aliphatic rings. The molecule has 0 bridgehead atoms. The van der Waals surface area contributed by atoms with E-state index in [4.69, 9.17) is 11.6 Å². The van der Waals surface area contributed by atoms with Crippen molar-refractivity contribution < 1.29 is 13.2 Å². The largest absolute Gasteiger partial charge is 0.409 e. The van der Waals surface area contributed by atoms with Gasteiger partial charge in [-0.15, -0.1) is 11.8 Å². The Morgan fingerprint density at radius 2 is 1.67 bits per heavy atom. The van der Waals surface area contributed by atoms with Crippen LogP contribution in [-0.4, -0.2) is 17.6 Å². The first-order chi connectivity index (χ1) is 12.5. The van der Waals surface area contributed by atoms with E-state index in [2.05, 4.69) is 45.0 Å². The Hall–Kier alpha value is -1.33.